The summed E-state index contributed by atoms with van der Waals surface area (Å²) >= 11 is 0. The lowest BCUT2D eigenvalue weighted by molar-refractivity contribution is 0.0952. The molecule has 1 aromatic heterocycles. The maximum absolute atomic E-state index is 11.6. The number of amides is 1. The Morgan fingerprint density at radius 3 is 2.67 bits per heavy atom. The van der Waals surface area contributed by atoms with E-state index in [4.69, 9.17) is 0 Å². The maximum atomic E-state index is 11.6. The van der Waals surface area contributed by atoms with Gasteiger partial charge in [-0.1, -0.05) is 36.4 Å². The van der Waals surface area contributed by atoms with Gasteiger partial charge in [0.05, 0.1) is 12.4 Å². The normalized spacial score (nSPS) is 9.90. The summed E-state index contributed by atoms with van der Waals surface area (Å²) in [6.07, 6.45) is 5.55. The maximum Gasteiger partial charge on any atom is 0.271 e. The summed E-state index contributed by atoms with van der Waals surface area (Å²) in [7, 11) is 0. The fourth-order valence-corrected chi connectivity index (χ4v) is 1.77. The van der Waals surface area contributed by atoms with Gasteiger partial charge in [0.1, 0.15) is 11.5 Å². The van der Waals surface area contributed by atoms with Gasteiger partial charge in [0.25, 0.3) is 5.91 Å². The molecule has 2 rings (SSSR count). The number of aromatic nitrogens is 2. The number of hydrogen-bond acceptors (Lipinski definition) is 4. The third kappa shape index (κ3) is 4.72. The molecule has 0 fully saturated rings. The number of carbonyl (C=O) groups is 1. The van der Waals surface area contributed by atoms with Crippen molar-refractivity contribution in [3.8, 4) is 0 Å². The number of anilines is 1. The molecule has 0 saturated heterocycles. The van der Waals surface area contributed by atoms with Crippen LogP contribution in [0.5, 0.6) is 0 Å². The van der Waals surface area contributed by atoms with Crippen molar-refractivity contribution in [2.45, 2.75) is 6.42 Å². The molecule has 0 atom stereocenters. The van der Waals surface area contributed by atoms with Gasteiger partial charge in [0.15, 0.2) is 0 Å². The van der Waals surface area contributed by atoms with Crippen molar-refractivity contribution in [3.05, 3.63) is 66.6 Å². The summed E-state index contributed by atoms with van der Waals surface area (Å²) in [5, 5.41) is 5.83. The van der Waals surface area contributed by atoms with Crippen LogP contribution in [0.2, 0.25) is 0 Å². The zero-order chi connectivity index (χ0) is 14.9. The lowest BCUT2D eigenvalue weighted by Crippen LogP contribution is -2.24. The van der Waals surface area contributed by atoms with Gasteiger partial charge in [-0.2, -0.15) is 0 Å². The average molecular weight is 282 g/mol. The van der Waals surface area contributed by atoms with Crippen molar-refractivity contribution in [1.29, 1.82) is 0 Å². The lowest BCUT2D eigenvalue weighted by atomic mass is 10.1. The number of nitrogens with zero attached hydrogens (tertiary/aromatic N) is 2. The van der Waals surface area contributed by atoms with Crippen molar-refractivity contribution in [3.63, 3.8) is 0 Å². The van der Waals surface area contributed by atoms with Crippen LogP contribution in [0, 0.1) is 0 Å². The number of benzene rings is 1. The molecule has 0 unspecified atom stereocenters. The van der Waals surface area contributed by atoms with Gasteiger partial charge >= 0.3 is 0 Å². The van der Waals surface area contributed by atoms with Crippen LogP contribution in [0.25, 0.3) is 0 Å². The van der Waals surface area contributed by atoms with Gasteiger partial charge in [0, 0.05) is 13.1 Å². The second-order valence-corrected chi connectivity index (χ2v) is 4.45. The third-order valence-electron chi connectivity index (χ3n) is 2.85. The van der Waals surface area contributed by atoms with E-state index in [1.807, 2.05) is 18.2 Å². The van der Waals surface area contributed by atoms with Gasteiger partial charge in [-0.05, 0) is 12.0 Å². The molecule has 21 heavy (non-hydrogen) atoms. The van der Waals surface area contributed by atoms with E-state index in [-0.39, 0.29) is 5.91 Å². The molecule has 1 amide bonds. The molecule has 5 nitrogen and oxygen atoms in total. The molecule has 1 heterocycles. The number of nitrogens with one attached hydrogen (secondary N) is 2. The molecule has 108 valence electrons. The zero-order valence-electron chi connectivity index (χ0n) is 11.7. The van der Waals surface area contributed by atoms with Crippen molar-refractivity contribution in [1.82, 2.24) is 15.3 Å². The fourth-order valence-electron chi connectivity index (χ4n) is 1.77. The van der Waals surface area contributed by atoms with E-state index >= 15 is 0 Å². The fraction of sp³-hybridized carbons (Fsp3) is 0.188. The van der Waals surface area contributed by atoms with Crippen molar-refractivity contribution < 1.29 is 4.79 Å². The minimum Gasteiger partial charge on any atom is -0.368 e. The summed E-state index contributed by atoms with van der Waals surface area (Å²) in [5.41, 5.74) is 1.56. The van der Waals surface area contributed by atoms with Gasteiger partial charge in [0.2, 0.25) is 0 Å². The minimum atomic E-state index is -0.252. The van der Waals surface area contributed by atoms with Crippen molar-refractivity contribution in [2.24, 2.45) is 0 Å². The topological polar surface area (TPSA) is 66.9 Å². The Kier molecular flexibility index (Phi) is 5.46. The Hall–Kier alpha value is -2.69. The highest BCUT2D eigenvalue weighted by Crippen LogP contribution is 2.03. The molecule has 1 aromatic carbocycles. The Morgan fingerprint density at radius 2 is 2.00 bits per heavy atom. The second kappa shape index (κ2) is 7.79. The Morgan fingerprint density at radius 1 is 1.19 bits per heavy atom. The standard InChI is InChI=1S/C16H18N4O/c1-2-9-18-16(21)14-11-20-15(12-19-14)17-10-8-13-6-4-3-5-7-13/h2-7,11-12H,1,8-10H2,(H,17,20)(H,18,21). The number of carbonyl (C=O) groups excluding carboxylic acids is 1. The van der Waals surface area contributed by atoms with Crippen LogP contribution in [0.1, 0.15) is 16.1 Å². The second-order valence-electron chi connectivity index (χ2n) is 4.45. The van der Waals surface area contributed by atoms with Crippen LogP contribution in [0.3, 0.4) is 0 Å². The first-order valence-corrected chi connectivity index (χ1v) is 6.78. The molecule has 0 aliphatic heterocycles. The van der Waals surface area contributed by atoms with Crippen LogP contribution in [-0.4, -0.2) is 29.0 Å². The molecular weight excluding hydrogens is 264 g/mol. The van der Waals surface area contributed by atoms with E-state index in [0.29, 0.717) is 18.1 Å². The van der Waals surface area contributed by atoms with E-state index in [2.05, 4.69) is 39.3 Å². The molecule has 5 heteroatoms. The summed E-state index contributed by atoms with van der Waals surface area (Å²) < 4.78 is 0. The van der Waals surface area contributed by atoms with Gasteiger partial charge in [-0.3, -0.25) is 4.79 Å². The lowest BCUT2D eigenvalue weighted by Gasteiger charge is -2.06. The minimum absolute atomic E-state index is 0.252. The van der Waals surface area contributed by atoms with Crippen LogP contribution in [0.15, 0.2) is 55.4 Å². The SMILES string of the molecule is C=CCNC(=O)c1cnc(NCCc2ccccc2)cn1. The van der Waals surface area contributed by atoms with E-state index in [1.165, 1.54) is 11.8 Å². The highest BCUT2D eigenvalue weighted by Gasteiger charge is 2.06. The Labute approximate surface area is 124 Å². The smallest absolute Gasteiger partial charge is 0.271 e. The van der Waals surface area contributed by atoms with Crippen molar-refractivity contribution >= 4 is 11.7 Å². The average Bonchev–Trinajstić information content (AvgIpc) is 2.54. The molecule has 0 bridgehead atoms. The zero-order valence-corrected chi connectivity index (χ0v) is 11.7. The van der Waals surface area contributed by atoms with E-state index < -0.39 is 0 Å². The predicted molar refractivity (Wildman–Crippen MR) is 83.2 cm³/mol. The molecule has 0 aliphatic rings. The summed E-state index contributed by atoms with van der Waals surface area (Å²) in [5.74, 6) is 0.407. The Balaban J connectivity index is 1.82. The predicted octanol–water partition coefficient (Wildman–Crippen LogP) is 2.05. The molecular formula is C16H18N4O. The molecule has 0 saturated carbocycles. The summed E-state index contributed by atoms with van der Waals surface area (Å²) in [6.45, 7) is 4.72. The molecule has 0 aliphatic carbocycles. The first-order chi connectivity index (χ1) is 10.3. The van der Waals surface area contributed by atoms with E-state index in [0.717, 1.165) is 13.0 Å². The van der Waals surface area contributed by atoms with Crippen LogP contribution < -0.4 is 10.6 Å². The first-order valence-electron chi connectivity index (χ1n) is 6.78. The highest BCUT2D eigenvalue weighted by molar-refractivity contribution is 5.92. The molecule has 0 radical (unpaired) electrons. The van der Waals surface area contributed by atoms with Crippen LogP contribution >= 0.6 is 0 Å². The quantitative estimate of drug-likeness (QED) is 0.763. The number of hydrogen-bond donors (Lipinski definition) is 2. The summed E-state index contributed by atoms with van der Waals surface area (Å²) in [6, 6.07) is 10.2. The van der Waals surface area contributed by atoms with Gasteiger partial charge in [-0.15, -0.1) is 6.58 Å². The van der Waals surface area contributed by atoms with E-state index in [1.54, 1.807) is 12.3 Å². The summed E-state index contributed by atoms with van der Waals surface area (Å²) in [4.78, 5) is 19.9. The van der Waals surface area contributed by atoms with Crippen LogP contribution in [0.4, 0.5) is 5.82 Å². The largest absolute Gasteiger partial charge is 0.368 e. The highest BCUT2D eigenvalue weighted by atomic mass is 16.1. The monoisotopic (exact) mass is 282 g/mol. The molecule has 2 N–H and O–H groups in total. The molecule has 2 aromatic rings. The Bertz CT molecular complexity index is 581. The van der Waals surface area contributed by atoms with Gasteiger partial charge in [-0.25, -0.2) is 9.97 Å². The number of rotatable bonds is 7. The van der Waals surface area contributed by atoms with Gasteiger partial charge < -0.3 is 10.6 Å². The first kappa shape index (κ1) is 14.7. The third-order valence-corrected chi connectivity index (χ3v) is 2.85. The van der Waals surface area contributed by atoms with Crippen LogP contribution in [-0.2, 0) is 6.42 Å². The van der Waals surface area contributed by atoms with Crippen molar-refractivity contribution in [2.75, 3.05) is 18.4 Å². The molecule has 0 spiro atoms. The van der Waals surface area contributed by atoms with E-state index in [9.17, 15) is 4.79 Å².